The monoisotopic (exact) mass is 291 g/mol. The highest BCUT2D eigenvalue weighted by molar-refractivity contribution is 7.89. The largest absolute Gasteiger partial charge is 0.343 e. The van der Waals surface area contributed by atoms with Gasteiger partial charge in [-0.15, -0.1) is 0 Å². The molecule has 1 amide bonds. The Morgan fingerprint density at radius 1 is 1.47 bits per heavy atom. The van der Waals surface area contributed by atoms with E-state index >= 15 is 0 Å². The fourth-order valence-electron chi connectivity index (χ4n) is 2.34. The normalized spacial score (nSPS) is 20.7. The Balaban J connectivity index is 2.73. The number of carbonyl (C=O) groups excluding carboxylic acids is 1. The first-order valence-corrected chi connectivity index (χ1v) is 8.44. The van der Waals surface area contributed by atoms with Crippen LogP contribution in [0, 0.1) is 0 Å². The second-order valence-corrected chi connectivity index (χ2v) is 6.99. The van der Waals surface area contributed by atoms with Crippen molar-refractivity contribution in [3.63, 3.8) is 0 Å². The molecule has 1 saturated heterocycles. The van der Waals surface area contributed by atoms with Crippen LogP contribution in [0.3, 0.4) is 0 Å². The summed E-state index contributed by atoms with van der Waals surface area (Å²) < 4.78 is 25.7. The summed E-state index contributed by atoms with van der Waals surface area (Å²) in [5.74, 6) is 0.0317. The lowest BCUT2D eigenvalue weighted by atomic mass is 10.2. The van der Waals surface area contributed by atoms with Crippen LogP contribution in [0.15, 0.2) is 0 Å². The number of sulfonamides is 1. The van der Waals surface area contributed by atoms with E-state index in [1.165, 1.54) is 4.31 Å². The van der Waals surface area contributed by atoms with Crippen molar-refractivity contribution in [2.24, 2.45) is 0 Å². The third kappa shape index (κ3) is 4.15. The Labute approximate surface area is 116 Å². The van der Waals surface area contributed by atoms with Gasteiger partial charge in [0.15, 0.2) is 0 Å². The minimum absolute atomic E-state index is 0.0903. The molecule has 1 unspecified atom stereocenters. The number of amides is 1. The summed E-state index contributed by atoms with van der Waals surface area (Å²) in [5.41, 5.74) is 0. The van der Waals surface area contributed by atoms with Crippen LogP contribution in [0.5, 0.6) is 0 Å². The first kappa shape index (κ1) is 16.4. The van der Waals surface area contributed by atoms with E-state index in [4.69, 9.17) is 0 Å². The van der Waals surface area contributed by atoms with Gasteiger partial charge in [0.1, 0.15) is 6.04 Å². The first-order chi connectivity index (χ1) is 8.94. The predicted molar refractivity (Wildman–Crippen MR) is 75.4 cm³/mol. The third-order valence-electron chi connectivity index (χ3n) is 3.38. The fraction of sp³-hybridized carbons (Fsp3) is 0.917. The average molecular weight is 291 g/mol. The van der Waals surface area contributed by atoms with Crippen molar-refractivity contribution in [3.05, 3.63) is 0 Å². The van der Waals surface area contributed by atoms with Crippen molar-refractivity contribution < 1.29 is 13.2 Å². The average Bonchev–Trinajstić information content (AvgIpc) is 2.84. The Kier molecular flexibility index (Phi) is 6.22. The van der Waals surface area contributed by atoms with Crippen LogP contribution >= 0.6 is 0 Å². The van der Waals surface area contributed by atoms with Gasteiger partial charge in [0.2, 0.25) is 15.9 Å². The van der Waals surface area contributed by atoms with Gasteiger partial charge in [-0.3, -0.25) is 4.79 Å². The number of carbonyl (C=O) groups is 1. The molecular weight excluding hydrogens is 266 g/mol. The van der Waals surface area contributed by atoms with Crippen molar-refractivity contribution in [1.29, 1.82) is 0 Å². The van der Waals surface area contributed by atoms with Crippen molar-refractivity contribution >= 4 is 15.9 Å². The van der Waals surface area contributed by atoms with Crippen molar-refractivity contribution in [1.82, 2.24) is 14.5 Å². The Hall–Kier alpha value is -0.660. The second-order valence-electron chi connectivity index (χ2n) is 4.95. The molecule has 0 aromatic rings. The topological polar surface area (TPSA) is 69.7 Å². The molecular formula is C12H25N3O3S. The quantitative estimate of drug-likeness (QED) is 0.709. The Morgan fingerprint density at radius 3 is 2.74 bits per heavy atom. The van der Waals surface area contributed by atoms with Crippen LogP contribution in [0.25, 0.3) is 0 Å². The summed E-state index contributed by atoms with van der Waals surface area (Å²) in [4.78, 5) is 13.9. The van der Waals surface area contributed by atoms with Gasteiger partial charge < -0.3 is 10.2 Å². The summed E-state index contributed by atoms with van der Waals surface area (Å²) in [7, 11) is 0.262. The highest BCUT2D eigenvalue weighted by atomic mass is 32.2. The summed E-state index contributed by atoms with van der Waals surface area (Å²) in [6.07, 6.45) is 1.97. The zero-order valence-corrected chi connectivity index (χ0v) is 12.9. The lowest BCUT2D eigenvalue weighted by Gasteiger charge is -2.27. The van der Waals surface area contributed by atoms with Gasteiger partial charge in [-0.25, -0.2) is 8.42 Å². The van der Waals surface area contributed by atoms with E-state index in [-0.39, 0.29) is 11.7 Å². The molecule has 0 spiro atoms. The van der Waals surface area contributed by atoms with Gasteiger partial charge in [0, 0.05) is 26.7 Å². The van der Waals surface area contributed by atoms with E-state index in [1.54, 1.807) is 11.9 Å². The third-order valence-corrected chi connectivity index (χ3v) is 5.46. The lowest BCUT2D eigenvalue weighted by Crippen LogP contribution is -2.48. The van der Waals surface area contributed by atoms with E-state index in [0.29, 0.717) is 32.5 Å². The summed E-state index contributed by atoms with van der Waals surface area (Å²) >= 11 is 0. The van der Waals surface area contributed by atoms with Crippen LogP contribution < -0.4 is 5.32 Å². The van der Waals surface area contributed by atoms with E-state index in [1.807, 2.05) is 14.0 Å². The number of nitrogens with one attached hydrogen (secondary N) is 1. The smallest absolute Gasteiger partial charge is 0.240 e. The van der Waals surface area contributed by atoms with Gasteiger partial charge in [-0.2, -0.15) is 4.31 Å². The van der Waals surface area contributed by atoms with Crippen molar-refractivity contribution in [2.45, 2.75) is 32.2 Å². The molecule has 1 rings (SSSR count). The minimum atomic E-state index is -3.29. The van der Waals surface area contributed by atoms with Crippen LogP contribution in [-0.4, -0.2) is 69.1 Å². The van der Waals surface area contributed by atoms with Crippen molar-refractivity contribution in [3.8, 4) is 0 Å². The summed E-state index contributed by atoms with van der Waals surface area (Å²) in [6.45, 7) is 3.60. The van der Waals surface area contributed by atoms with Gasteiger partial charge in [-0.1, -0.05) is 6.92 Å². The van der Waals surface area contributed by atoms with Gasteiger partial charge >= 0.3 is 0 Å². The molecule has 1 aliphatic heterocycles. The highest BCUT2D eigenvalue weighted by Crippen LogP contribution is 2.23. The van der Waals surface area contributed by atoms with E-state index in [0.717, 1.165) is 6.42 Å². The molecule has 1 heterocycles. The zero-order valence-electron chi connectivity index (χ0n) is 12.1. The number of nitrogens with zero attached hydrogens (tertiary/aromatic N) is 2. The molecule has 0 saturated carbocycles. The van der Waals surface area contributed by atoms with E-state index in [2.05, 4.69) is 5.32 Å². The maximum Gasteiger partial charge on any atom is 0.240 e. The minimum Gasteiger partial charge on any atom is -0.343 e. The predicted octanol–water partition coefficient (Wildman–Crippen LogP) is -0.132. The molecule has 0 radical (unpaired) electrons. The molecule has 0 aliphatic carbocycles. The van der Waals surface area contributed by atoms with Crippen LogP contribution in [0.2, 0.25) is 0 Å². The molecule has 6 nitrogen and oxygen atoms in total. The molecule has 19 heavy (non-hydrogen) atoms. The molecule has 1 atom stereocenters. The highest BCUT2D eigenvalue weighted by Gasteiger charge is 2.39. The molecule has 112 valence electrons. The Bertz CT molecular complexity index is 397. The first-order valence-electron chi connectivity index (χ1n) is 6.83. The molecule has 1 aliphatic rings. The molecule has 1 fully saturated rings. The molecule has 0 aromatic heterocycles. The number of hydrogen-bond donors (Lipinski definition) is 1. The van der Waals surface area contributed by atoms with E-state index < -0.39 is 16.1 Å². The Morgan fingerprint density at radius 2 is 2.16 bits per heavy atom. The van der Waals surface area contributed by atoms with Gasteiger partial charge in [0.25, 0.3) is 0 Å². The molecule has 0 bridgehead atoms. The number of likely N-dealkylation sites (N-methyl/N-ethyl adjacent to an activating group) is 2. The number of hydrogen-bond acceptors (Lipinski definition) is 4. The van der Waals surface area contributed by atoms with E-state index in [9.17, 15) is 13.2 Å². The lowest BCUT2D eigenvalue weighted by molar-refractivity contribution is -0.133. The van der Waals surface area contributed by atoms with Crippen LogP contribution in [0.1, 0.15) is 26.2 Å². The SMILES string of the molecule is CCCS(=O)(=O)N1CCCC1C(=O)N(C)CCNC. The van der Waals surface area contributed by atoms with Crippen LogP contribution in [-0.2, 0) is 14.8 Å². The zero-order chi connectivity index (χ0) is 14.5. The molecule has 1 N–H and O–H groups in total. The molecule has 0 aromatic carbocycles. The standard InChI is InChI=1S/C12H25N3O3S/c1-4-10-19(17,18)15-8-5-6-11(15)12(16)14(3)9-7-13-2/h11,13H,4-10H2,1-3H3. The van der Waals surface area contributed by atoms with Gasteiger partial charge in [0.05, 0.1) is 5.75 Å². The summed E-state index contributed by atoms with van der Waals surface area (Å²) in [6, 6.07) is -0.501. The second kappa shape index (κ2) is 7.21. The maximum absolute atomic E-state index is 12.3. The van der Waals surface area contributed by atoms with Gasteiger partial charge in [-0.05, 0) is 26.3 Å². The maximum atomic E-state index is 12.3. The summed E-state index contributed by atoms with van der Waals surface area (Å²) in [5, 5.41) is 2.98. The fourth-order valence-corrected chi connectivity index (χ4v) is 4.08. The number of rotatable bonds is 7. The van der Waals surface area contributed by atoms with Crippen LogP contribution in [0.4, 0.5) is 0 Å². The molecule has 7 heteroatoms. The van der Waals surface area contributed by atoms with Crippen molar-refractivity contribution in [2.75, 3.05) is 39.5 Å².